The van der Waals surface area contributed by atoms with Gasteiger partial charge in [-0.2, -0.15) is 0 Å². The maximum Gasteiger partial charge on any atom is 0.335 e. The minimum absolute atomic E-state index is 0.331. The molecule has 5 nitrogen and oxygen atoms in total. The highest BCUT2D eigenvalue weighted by Gasteiger charge is 2.12. The van der Waals surface area contributed by atoms with E-state index in [2.05, 4.69) is 5.16 Å². The second-order valence-electron chi connectivity index (χ2n) is 4.36. The topological polar surface area (TPSA) is 61.0 Å². The van der Waals surface area contributed by atoms with Gasteiger partial charge in [0.25, 0.3) is 0 Å². The maximum atomic E-state index is 11.5. The van der Waals surface area contributed by atoms with E-state index in [1.54, 1.807) is 25.5 Å². The molecule has 0 saturated carbocycles. The molecule has 21 heavy (non-hydrogen) atoms. The number of nitrogens with zero attached hydrogens (tertiary/aromatic N) is 1. The highest BCUT2D eigenvalue weighted by atomic mass is 16.7. The van der Waals surface area contributed by atoms with Crippen molar-refractivity contribution < 1.29 is 18.8 Å². The molecule has 0 saturated heterocycles. The van der Waals surface area contributed by atoms with Gasteiger partial charge in [0.2, 0.25) is 0 Å². The molecule has 2 aromatic rings. The van der Waals surface area contributed by atoms with Crippen molar-refractivity contribution in [3.8, 4) is 5.75 Å². The van der Waals surface area contributed by atoms with Gasteiger partial charge in [-0.05, 0) is 42.8 Å². The van der Waals surface area contributed by atoms with E-state index in [1.165, 1.54) is 0 Å². The molecule has 0 unspecified atom stereocenters. The first-order valence-corrected chi connectivity index (χ1v) is 6.70. The van der Waals surface area contributed by atoms with Crippen molar-refractivity contribution in [3.05, 3.63) is 54.0 Å². The molecule has 0 N–H and O–H groups in total. The first-order chi connectivity index (χ1) is 10.2. The third kappa shape index (κ3) is 3.95. The van der Waals surface area contributed by atoms with Crippen LogP contribution in [0.4, 0.5) is 0 Å². The number of oxime groups is 1. The van der Waals surface area contributed by atoms with Crippen LogP contribution in [0, 0.1) is 0 Å². The molecule has 0 amide bonds. The molecule has 0 fully saturated rings. The van der Waals surface area contributed by atoms with Gasteiger partial charge in [0.15, 0.2) is 11.5 Å². The zero-order chi connectivity index (χ0) is 15.1. The van der Waals surface area contributed by atoms with Crippen molar-refractivity contribution in [2.75, 3.05) is 7.11 Å². The van der Waals surface area contributed by atoms with Crippen molar-refractivity contribution in [1.82, 2.24) is 0 Å². The van der Waals surface area contributed by atoms with Crippen molar-refractivity contribution in [2.24, 2.45) is 5.16 Å². The summed E-state index contributed by atoms with van der Waals surface area (Å²) in [6.07, 6.45) is 2.59. The monoisotopic (exact) mass is 287 g/mol. The number of furan rings is 1. The second-order valence-corrected chi connectivity index (χ2v) is 4.36. The highest BCUT2D eigenvalue weighted by Crippen LogP contribution is 2.16. The normalized spacial score (nSPS) is 11.2. The van der Waals surface area contributed by atoms with Gasteiger partial charge in [-0.15, -0.1) is 0 Å². The highest BCUT2D eigenvalue weighted by molar-refractivity contribution is 6.11. The quantitative estimate of drug-likeness (QED) is 0.464. The average molecular weight is 287 g/mol. The summed E-state index contributed by atoms with van der Waals surface area (Å²) in [6.45, 7) is 1.90. The Morgan fingerprint density at radius 3 is 2.57 bits per heavy atom. The van der Waals surface area contributed by atoms with Crippen LogP contribution in [0.5, 0.6) is 5.75 Å². The van der Waals surface area contributed by atoms with E-state index < -0.39 is 0 Å². The third-order valence-corrected chi connectivity index (χ3v) is 2.81. The fourth-order valence-corrected chi connectivity index (χ4v) is 1.75. The molecule has 0 aliphatic rings. The summed E-state index contributed by atoms with van der Waals surface area (Å²) in [6, 6.07) is 10.8. The van der Waals surface area contributed by atoms with Gasteiger partial charge in [-0.3, -0.25) is 0 Å². The van der Waals surface area contributed by atoms with Gasteiger partial charge in [0.05, 0.1) is 13.4 Å². The third-order valence-electron chi connectivity index (χ3n) is 2.81. The van der Waals surface area contributed by atoms with Gasteiger partial charge >= 0.3 is 5.97 Å². The van der Waals surface area contributed by atoms with Crippen molar-refractivity contribution in [1.29, 1.82) is 0 Å². The van der Waals surface area contributed by atoms with Gasteiger partial charge in [0.1, 0.15) is 5.75 Å². The number of carbonyl (C=O) groups is 1. The van der Waals surface area contributed by atoms with E-state index in [-0.39, 0.29) is 5.97 Å². The Kier molecular flexibility index (Phi) is 5.15. The summed E-state index contributed by atoms with van der Waals surface area (Å²) in [5.41, 5.74) is 1.24. The van der Waals surface area contributed by atoms with Crippen LogP contribution >= 0.6 is 0 Å². The minimum atomic E-state index is -0.366. The number of carbonyl (C=O) groups excluding carboxylic acids is 1. The van der Waals surface area contributed by atoms with Crippen molar-refractivity contribution in [3.63, 3.8) is 0 Å². The molecule has 0 radical (unpaired) electrons. The lowest BCUT2D eigenvalue weighted by Crippen LogP contribution is -2.06. The minimum Gasteiger partial charge on any atom is -0.497 e. The Labute approximate surface area is 123 Å². The predicted octanol–water partition coefficient (Wildman–Crippen LogP) is 3.38. The van der Waals surface area contributed by atoms with Crippen molar-refractivity contribution in [2.45, 2.75) is 19.8 Å². The summed E-state index contributed by atoms with van der Waals surface area (Å²) >= 11 is 0. The molecule has 0 spiro atoms. The van der Waals surface area contributed by atoms with Crippen molar-refractivity contribution >= 4 is 11.7 Å². The number of ether oxygens (including phenoxy) is 1. The Bertz CT molecular complexity index is 600. The van der Waals surface area contributed by atoms with E-state index in [0.717, 1.165) is 11.3 Å². The lowest BCUT2D eigenvalue weighted by molar-refractivity contribution is -0.143. The van der Waals surface area contributed by atoms with Crippen LogP contribution in [0.1, 0.15) is 31.1 Å². The molecule has 5 heteroatoms. The number of hydrogen-bond acceptors (Lipinski definition) is 5. The Hall–Kier alpha value is -2.56. The Balaban J connectivity index is 2.27. The van der Waals surface area contributed by atoms with Crippen LogP contribution in [-0.4, -0.2) is 18.8 Å². The summed E-state index contributed by atoms with van der Waals surface area (Å²) in [7, 11) is 1.60. The summed E-state index contributed by atoms with van der Waals surface area (Å²) < 4.78 is 10.5. The molecule has 110 valence electrons. The number of benzene rings is 1. The fraction of sp³-hybridized carbons (Fsp3) is 0.250. The van der Waals surface area contributed by atoms with Crippen LogP contribution in [0.15, 0.2) is 52.2 Å². The van der Waals surface area contributed by atoms with Gasteiger partial charge in [-0.25, -0.2) is 4.79 Å². The molecule has 1 heterocycles. The lowest BCUT2D eigenvalue weighted by atomic mass is 10.1. The first kappa shape index (κ1) is 14.8. The van der Waals surface area contributed by atoms with Gasteiger partial charge < -0.3 is 14.0 Å². The molecule has 2 rings (SSSR count). The molecule has 0 atom stereocenters. The zero-order valence-electron chi connectivity index (χ0n) is 12.0. The summed E-state index contributed by atoms with van der Waals surface area (Å²) in [5.74, 6) is 0.903. The molecular formula is C16H17NO4. The Morgan fingerprint density at radius 2 is 2.00 bits per heavy atom. The van der Waals surface area contributed by atoms with E-state index in [9.17, 15) is 4.79 Å². The van der Waals surface area contributed by atoms with Crippen LogP contribution in [0.2, 0.25) is 0 Å². The SMILES string of the molecule is CCCC(=O)O/N=C(\c1ccc(OC)cc1)c1ccco1. The summed E-state index contributed by atoms with van der Waals surface area (Å²) in [4.78, 5) is 16.4. The van der Waals surface area contributed by atoms with E-state index in [4.69, 9.17) is 14.0 Å². The van der Waals surface area contributed by atoms with Gasteiger partial charge in [0, 0.05) is 12.0 Å². The van der Waals surface area contributed by atoms with Crippen LogP contribution < -0.4 is 4.74 Å². The second kappa shape index (κ2) is 7.28. The number of rotatable bonds is 6. The van der Waals surface area contributed by atoms with E-state index >= 15 is 0 Å². The smallest absolute Gasteiger partial charge is 0.335 e. The van der Waals surface area contributed by atoms with Crippen LogP contribution in [0.25, 0.3) is 0 Å². The molecule has 1 aromatic heterocycles. The van der Waals surface area contributed by atoms with Gasteiger partial charge in [-0.1, -0.05) is 12.1 Å². The predicted molar refractivity (Wildman–Crippen MR) is 78.3 cm³/mol. The number of hydrogen-bond donors (Lipinski definition) is 0. The molecule has 0 aliphatic heterocycles. The maximum absolute atomic E-state index is 11.5. The molecular weight excluding hydrogens is 270 g/mol. The first-order valence-electron chi connectivity index (χ1n) is 6.70. The lowest BCUT2D eigenvalue weighted by Gasteiger charge is -2.05. The van der Waals surface area contributed by atoms with Crippen LogP contribution in [-0.2, 0) is 9.63 Å². The molecule has 0 bridgehead atoms. The number of methoxy groups -OCH3 is 1. The van der Waals surface area contributed by atoms with E-state index in [0.29, 0.717) is 24.3 Å². The largest absolute Gasteiger partial charge is 0.497 e. The fourth-order valence-electron chi connectivity index (χ4n) is 1.75. The Morgan fingerprint density at radius 1 is 1.24 bits per heavy atom. The summed E-state index contributed by atoms with van der Waals surface area (Å²) in [5, 5.41) is 3.94. The standard InChI is InChI=1S/C16H17NO4/c1-3-5-15(18)21-17-16(14-6-4-11-20-14)12-7-9-13(19-2)10-8-12/h4,6-11H,3,5H2,1-2H3/b17-16+. The van der Waals surface area contributed by atoms with Crippen LogP contribution in [0.3, 0.4) is 0 Å². The zero-order valence-corrected chi connectivity index (χ0v) is 12.0. The molecule has 1 aromatic carbocycles. The van der Waals surface area contributed by atoms with E-state index in [1.807, 2.05) is 31.2 Å². The molecule has 0 aliphatic carbocycles. The average Bonchev–Trinajstić information content (AvgIpc) is 3.02.